The average Bonchev–Trinajstić information content (AvgIpc) is 2.99. The van der Waals surface area contributed by atoms with Crippen LogP contribution in [0.15, 0.2) is 91.0 Å². The van der Waals surface area contributed by atoms with Crippen LogP contribution in [0.5, 0.6) is 0 Å². The van der Waals surface area contributed by atoms with Crippen LogP contribution in [0.4, 0.5) is 23.5 Å². The van der Waals surface area contributed by atoms with Crippen LogP contribution in [0.2, 0.25) is 0 Å². The van der Waals surface area contributed by atoms with Crippen molar-refractivity contribution in [1.29, 1.82) is 0 Å². The van der Waals surface area contributed by atoms with E-state index in [1.165, 1.54) is 0 Å². The van der Waals surface area contributed by atoms with Gasteiger partial charge in [0, 0.05) is 37.9 Å². The van der Waals surface area contributed by atoms with Crippen LogP contribution in [0, 0.1) is 0 Å². The molecule has 1 amide bonds. The third-order valence-electron chi connectivity index (χ3n) is 5.73. The largest absolute Gasteiger partial charge is 0.377 e. The van der Waals surface area contributed by atoms with Crippen molar-refractivity contribution in [3.05, 3.63) is 102 Å². The fourth-order valence-electron chi connectivity index (χ4n) is 3.73. The highest BCUT2D eigenvalue weighted by Gasteiger charge is 2.11. The Labute approximate surface area is 234 Å². The summed E-state index contributed by atoms with van der Waals surface area (Å²) in [5.41, 5.74) is 2.68. The minimum atomic E-state index is -0.110. The number of para-hydroxylation sites is 1. The lowest BCUT2D eigenvalue weighted by Crippen LogP contribution is -2.27. The number of carbonyl (C=O) groups is 1. The van der Waals surface area contributed by atoms with Crippen molar-refractivity contribution in [2.24, 2.45) is 0 Å². The van der Waals surface area contributed by atoms with Gasteiger partial charge >= 0.3 is 0 Å². The van der Waals surface area contributed by atoms with Crippen molar-refractivity contribution in [1.82, 2.24) is 20.3 Å². The lowest BCUT2D eigenvalue weighted by Gasteiger charge is -2.19. The number of anilines is 4. The molecule has 4 rings (SSSR count). The van der Waals surface area contributed by atoms with Crippen molar-refractivity contribution in [2.75, 3.05) is 62.1 Å². The van der Waals surface area contributed by atoms with Gasteiger partial charge in [-0.3, -0.25) is 4.79 Å². The number of ether oxygens (including phenoxy) is 2. The minimum Gasteiger partial charge on any atom is -0.377 e. The van der Waals surface area contributed by atoms with E-state index < -0.39 is 0 Å². The SMILES string of the molecule is CN(Cc1ccccc1)c1nc(NCCOCCOCCNC(=O)c2ccccc2)nc(Nc2ccccc2)n1. The van der Waals surface area contributed by atoms with E-state index in [2.05, 4.69) is 43.0 Å². The molecule has 0 atom stereocenters. The van der Waals surface area contributed by atoms with E-state index in [0.717, 1.165) is 11.3 Å². The number of benzene rings is 3. The second-order valence-electron chi connectivity index (χ2n) is 8.89. The molecule has 0 bridgehead atoms. The van der Waals surface area contributed by atoms with Gasteiger partial charge in [0.05, 0.1) is 26.4 Å². The smallest absolute Gasteiger partial charge is 0.251 e. The van der Waals surface area contributed by atoms with E-state index in [1.807, 2.05) is 78.7 Å². The molecule has 208 valence electrons. The number of rotatable bonds is 16. The van der Waals surface area contributed by atoms with Gasteiger partial charge in [-0.15, -0.1) is 0 Å². The van der Waals surface area contributed by atoms with E-state index in [9.17, 15) is 4.79 Å². The Morgan fingerprint density at radius 3 is 2.02 bits per heavy atom. The molecule has 0 aliphatic carbocycles. The summed E-state index contributed by atoms with van der Waals surface area (Å²) in [7, 11) is 1.95. The molecule has 40 heavy (non-hydrogen) atoms. The van der Waals surface area contributed by atoms with Crippen molar-refractivity contribution in [3.8, 4) is 0 Å². The van der Waals surface area contributed by atoms with Crippen LogP contribution in [0.25, 0.3) is 0 Å². The van der Waals surface area contributed by atoms with Gasteiger partial charge in [0.1, 0.15) is 0 Å². The minimum absolute atomic E-state index is 0.110. The maximum absolute atomic E-state index is 12.0. The van der Waals surface area contributed by atoms with Gasteiger partial charge in [0.15, 0.2) is 0 Å². The normalized spacial score (nSPS) is 10.6. The highest BCUT2D eigenvalue weighted by Crippen LogP contribution is 2.18. The Bertz CT molecular complexity index is 1290. The Morgan fingerprint density at radius 2 is 1.32 bits per heavy atom. The van der Waals surface area contributed by atoms with E-state index >= 15 is 0 Å². The zero-order chi connectivity index (χ0) is 27.8. The average molecular weight is 542 g/mol. The first kappa shape index (κ1) is 28.5. The zero-order valence-electron chi connectivity index (χ0n) is 22.6. The molecule has 0 radical (unpaired) electrons. The second-order valence-corrected chi connectivity index (χ2v) is 8.89. The molecule has 0 aliphatic heterocycles. The molecule has 0 spiro atoms. The molecule has 0 aliphatic rings. The van der Waals surface area contributed by atoms with E-state index in [1.54, 1.807) is 12.1 Å². The molecule has 4 aromatic rings. The van der Waals surface area contributed by atoms with Crippen LogP contribution in [-0.4, -0.2) is 67.4 Å². The molecule has 0 fully saturated rings. The third kappa shape index (κ3) is 9.64. The number of hydrogen-bond donors (Lipinski definition) is 3. The Morgan fingerprint density at radius 1 is 0.725 bits per heavy atom. The van der Waals surface area contributed by atoms with Gasteiger partial charge in [-0.25, -0.2) is 0 Å². The first-order valence-electron chi connectivity index (χ1n) is 13.2. The topological polar surface area (TPSA) is 114 Å². The first-order valence-corrected chi connectivity index (χ1v) is 13.2. The fraction of sp³-hybridized carbons (Fsp3) is 0.267. The monoisotopic (exact) mass is 541 g/mol. The van der Waals surface area contributed by atoms with E-state index in [0.29, 0.717) is 69.5 Å². The maximum atomic E-state index is 12.0. The summed E-state index contributed by atoms with van der Waals surface area (Å²) in [4.78, 5) is 27.8. The van der Waals surface area contributed by atoms with Gasteiger partial charge in [-0.2, -0.15) is 15.0 Å². The molecule has 0 saturated carbocycles. The summed E-state index contributed by atoms with van der Waals surface area (Å²) in [5, 5.41) is 9.31. The third-order valence-corrected chi connectivity index (χ3v) is 5.73. The molecule has 10 heteroatoms. The lowest BCUT2D eigenvalue weighted by atomic mass is 10.2. The van der Waals surface area contributed by atoms with Crippen LogP contribution in [0.1, 0.15) is 15.9 Å². The van der Waals surface area contributed by atoms with Crippen molar-refractivity contribution in [3.63, 3.8) is 0 Å². The van der Waals surface area contributed by atoms with E-state index in [-0.39, 0.29) is 5.91 Å². The molecule has 0 saturated heterocycles. The molecule has 0 unspecified atom stereocenters. The number of carbonyl (C=O) groups excluding carboxylic acids is 1. The van der Waals surface area contributed by atoms with Gasteiger partial charge < -0.3 is 30.3 Å². The highest BCUT2D eigenvalue weighted by atomic mass is 16.5. The van der Waals surface area contributed by atoms with Crippen molar-refractivity contribution < 1.29 is 14.3 Å². The fourth-order valence-corrected chi connectivity index (χ4v) is 3.73. The zero-order valence-corrected chi connectivity index (χ0v) is 22.6. The van der Waals surface area contributed by atoms with Gasteiger partial charge in [0.25, 0.3) is 5.91 Å². The second kappa shape index (κ2) is 15.8. The number of aromatic nitrogens is 3. The predicted octanol–water partition coefficient (Wildman–Crippen LogP) is 4.13. The summed E-state index contributed by atoms with van der Waals surface area (Å²) in [6, 6.07) is 29.0. The van der Waals surface area contributed by atoms with E-state index in [4.69, 9.17) is 9.47 Å². The molecule has 3 aromatic carbocycles. The molecular formula is C30H35N7O3. The molecule has 3 N–H and O–H groups in total. The van der Waals surface area contributed by atoms with Gasteiger partial charge in [-0.05, 0) is 29.8 Å². The summed E-state index contributed by atoms with van der Waals surface area (Å²) in [6.45, 7) is 3.37. The lowest BCUT2D eigenvalue weighted by molar-refractivity contribution is 0.0519. The summed E-state index contributed by atoms with van der Waals surface area (Å²) in [5.74, 6) is 1.35. The Kier molecular flexibility index (Phi) is 11.2. The van der Waals surface area contributed by atoms with Gasteiger partial charge in [-0.1, -0.05) is 66.7 Å². The van der Waals surface area contributed by atoms with Crippen LogP contribution >= 0.6 is 0 Å². The number of amides is 1. The predicted molar refractivity (Wildman–Crippen MR) is 157 cm³/mol. The number of nitrogens with zero attached hydrogens (tertiary/aromatic N) is 4. The summed E-state index contributed by atoms with van der Waals surface area (Å²) < 4.78 is 11.2. The number of nitrogens with one attached hydrogen (secondary N) is 3. The van der Waals surface area contributed by atoms with Crippen LogP contribution < -0.4 is 20.9 Å². The number of hydrogen-bond acceptors (Lipinski definition) is 9. The Hall–Kier alpha value is -4.54. The standard InChI is InChI=1S/C30H35N7O3/c1-37(23-24-11-5-2-6-12-24)30-35-28(34-29(36-30)33-26-15-9-4-10-16-26)32-18-20-40-22-21-39-19-17-31-27(38)25-13-7-3-8-14-25/h2-16H,17-23H2,1H3,(H,31,38)(H2,32,33,34,35,36). The van der Waals surface area contributed by atoms with Gasteiger partial charge in [0.2, 0.25) is 17.8 Å². The molecule has 1 heterocycles. The first-order chi connectivity index (χ1) is 19.7. The summed E-state index contributed by atoms with van der Waals surface area (Å²) >= 11 is 0. The van der Waals surface area contributed by atoms with Crippen LogP contribution in [-0.2, 0) is 16.0 Å². The highest BCUT2D eigenvalue weighted by molar-refractivity contribution is 5.94. The maximum Gasteiger partial charge on any atom is 0.251 e. The molecular weight excluding hydrogens is 506 g/mol. The van der Waals surface area contributed by atoms with Crippen LogP contribution in [0.3, 0.4) is 0 Å². The quantitative estimate of drug-likeness (QED) is 0.180. The Balaban J connectivity index is 1.20. The summed E-state index contributed by atoms with van der Waals surface area (Å²) in [6.07, 6.45) is 0. The van der Waals surface area contributed by atoms with Crippen molar-refractivity contribution >= 4 is 29.4 Å². The molecule has 10 nitrogen and oxygen atoms in total. The van der Waals surface area contributed by atoms with Crippen molar-refractivity contribution in [2.45, 2.75) is 6.54 Å². The molecule has 1 aromatic heterocycles.